The summed E-state index contributed by atoms with van der Waals surface area (Å²) in [6, 6.07) is 3.48. The van der Waals surface area contributed by atoms with Gasteiger partial charge in [-0.2, -0.15) is 0 Å². The summed E-state index contributed by atoms with van der Waals surface area (Å²) < 4.78 is 0. The Balaban J connectivity index is 1.85. The first-order valence-corrected chi connectivity index (χ1v) is 4.81. The third-order valence-electron chi connectivity index (χ3n) is 2.54. The molecule has 1 aromatic heterocycles. The van der Waals surface area contributed by atoms with Gasteiger partial charge >= 0.3 is 5.97 Å². The van der Waals surface area contributed by atoms with Gasteiger partial charge in [0.15, 0.2) is 0 Å². The van der Waals surface area contributed by atoms with Crippen LogP contribution in [0, 0.1) is 5.92 Å². The molecule has 2 N–H and O–H groups in total. The molecule has 0 saturated carbocycles. The molecule has 0 spiro atoms. The number of likely N-dealkylation sites (tertiary alicyclic amines) is 1. The number of carboxylic acid groups (broad SMARTS) is 1. The van der Waals surface area contributed by atoms with Crippen LogP contribution in [-0.4, -0.2) is 40.0 Å². The Hall–Kier alpha value is -1.78. The van der Waals surface area contributed by atoms with Gasteiger partial charge in [-0.15, -0.1) is 0 Å². The molecule has 5 heteroatoms. The van der Waals surface area contributed by atoms with Gasteiger partial charge in [0, 0.05) is 25.2 Å². The van der Waals surface area contributed by atoms with E-state index in [1.54, 1.807) is 23.2 Å². The van der Waals surface area contributed by atoms with E-state index in [2.05, 4.69) is 4.98 Å². The fourth-order valence-electron chi connectivity index (χ4n) is 1.75. The van der Waals surface area contributed by atoms with Gasteiger partial charge in [0.05, 0.1) is 6.42 Å². The third kappa shape index (κ3) is 2.01. The fraction of sp³-hybridized carbons (Fsp3) is 0.400. The Morgan fingerprint density at radius 3 is 2.80 bits per heavy atom. The van der Waals surface area contributed by atoms with Gasteiger partial charge in [0.1, 0.15) is 5.69 Å². The number of hydrogen-bond acceptors (Lipinski definition) is 2. The summed E-state index contributed by atoms with van der Waals surface area (Å²) in [5.74, 6) is -0.741. The van der Waals surface area contributed by atoms with Crippen LogP contribution in [0.25, 0.3) is 0 Å². The monoisotopic (exact) mass is 208 g/mol. The summed E-state index contributed by atoms with van der Waals surface area (Å²) in [5.41, 5.74) is 0.559. The van der Waals surface area contributed by atoms with Crippen LogP contribution < -0.4 is 0 Å². The molecule has 80 valence electrons. The maximum absolute atomic E-state index is 11.7. The molecule has 0 aliphatic carbocycles. The van der Waals surface area contributed by atoms with Gasteiger partial charge in [0.25, 0.3) is 5.91 Å². The van der Waals surface area contributed by atoms with E-state index in [1.165, 1.54) is 0 Å². The first kappa shape index (κ1) is 9.76. The molecule has 0 radical (unpaired) electrons. The van der Waals surface area contributed by atoms with Crippen molar-refractivity contribution in [1.29, 1.82) is 0 Å². The second-order valence-electron chi connectivity index (χ2n) is 3.76. The van der Waals surface area contributed by atoms with Gasteiger partial charge in [-0.3, -0.25) is 9.59 Å². The summed E-state index contributed by atoms with van der Waals surface area (Å²) >= 11 is 0. The molecule has 1 aromatic rings. The predicted octanol–water partition coefficient (Wildman–Crippen LogP) is 0.561. The topological polar surface area (TPSA) is 73.4 Å². The Kier molecular flexibility index (Phi) is 2.45. The minimum Gasteiger partial charge on any atom is -0.481 e. The van der Waals surface area contributed by atoms with Crippen LogP contribution in [0.3, 0.4) is 0 Å². The van der Waals surface area contributed by atoms with Gasteiger partial charge in [0.2, 0.25) is 0 Å². The minimum absolute atomic E-state index is 0.0540. The zero-order chi connectivity index (χ0) is 10.8. The number of nitrogens with one attached hydrogen (secondary N) is 1. The molecule has 1 amide bonds. The van der Waals surface area contributed by atoms with E-state index in [4.69, 9.17) is 5.11 Å². The summed E-state index contributed by atoms with van der Waals surface area (Å²) in [4.78, 5) is 26.6. The quantitative estimate of drug-likeness (QED) is 0.762. The smallest absolute Gasteiger partial charge is 0.303 e. The molecular formula is C10H12N2O3. The molecule has 1 saturated heterocycles. The molecule has 2 rings (SSSR count). The van der Waals surface area contributed by atoms with Crippen LogP contribution in [0.1, 0.15) is 16.9 Å². The fourth-order valence-corrected chi connectivity index (χ4v) is 1.75. The van der Waals surface area contributed by atoms with E-state index in [0.717, 1.165) is 0 Å². The zero-order valence-corrected chi connectivity index (χ0v) is 8.14. The van der Waals surface area contributed by atoms with E-state index in [-0.39, 0.29) is 18.2 Å². The van der Waals surface area contributed by atoms with Crippen LogP contribution in [0.5, 0.6) is 0 Å². The Bertz CT molecular complexity index is 366. The molecule has 1 aliphatic rings. The van der Waals surface area contributed by atoms with Crippen LogP contribution >= 0.6 is 0 Å². The first-order valence-electron chi connectivity index (χ1n) is 4.81. The lowest BCUT2D eigenvalue weighted by molar-refractivity contribution is -0.139. The Morgan fingerprint density at radius 1 is 1.53 bits per heavy atom. The Morgan fingerprint density at radius 2 is 2.27 bits per heavy atom. The molecule has 0 atom stereocenters. The van der Waals surface area contributed by atoms with E-state index in [9.17, 15) is 9.59 Å². The highest BCUT2D eigenvalue weighted by Gasteiger charge is 2.32. The van der Waals surface area contributed by atoms with Crippen molar-refractivity contribution in [2.75, 3.05) is 13.1 Å². The number of aliphatic carboxylic acids is 1. The molecule has 2 heterocycles. The largest absolute Gasteiger partial charge is 0.481 e. The van der Waals surface area contributed by atoms with Crippen molar-refractivity contribution in [3.8, 4) is 0 Å². The molecule has 5 nitrogen and oxygen atoms in total. The highest BCUT2D eigenvalue weighted by atomic mass is 16.4. The number of H-pyrrole nitrogens is 1. The number of aromatic amines is 1. The highest BCUT2D eigenvalue weighted by molar-refractivity contribution is 5.93. The molecule has 0 bridgehead atoms. The van der Waals surface area contributed by atoms with Crippen LogP contribution in [0.15, 0.2) is 18.3 Å². The van der Waals surface area contributed by atoms with E-state index in [0.29, 0.717) is 18.8 Å². The lowest BCUT2D eigenvalue weighted by Crippen LogP contribution is -2.50. The lowest BCUT2D eigenvalue weighted by Gasteiger charge is -2.38. The van der Waals surface area contributed by atoms with Gasteiger partial charge in [-0.1, -0.05) is 0 Å². The van der Waals surface area contributed by atoms with E-state index in [1.807, 2.05) is 0 Å². The normalized spacial score (nSPS) is 16.1. The van der Waals surface area contributed by atoms with Crippen molar-refractivity contribution < 1.29 is 14.7 Å². The van der Waals surface area contributed by atoms with Crippen molar-refractivity contribution in [2.24, 2.45) is 5.92 Å². The van der Waals surface area contributed by atoms with Crippen LogP contribution in [0.2, 0.25) is 0 Å². The van der Waals surface area contributed by atoms with Crippen LogP contribution in [0.4, 0.5) is 0 Å². The molecule has 1 aliphatic heterocycles. The average Bonchev–Trinajstić information content (AvgIpc) is 2.61. The summed E-state index contributed by atoms with van der Waals surface area (Å²) in [6.07, 6.45) is 1.84. The molecular weight excluding hydrogens is 196 g/mol. The number of carboxylic acids is 1. The van der Waals surface area contributed by atoms with Crippen molar-refractivity contribution in [1.82, 2.24) is 9.88 Å². The van der Waals surface area contributed by atoms with E-state index < -0.39 is 5.97 Å². The maximum atomic E-state index is 11.7. The minimum atomic E-state index is -0.799. The first-order chi connectivity index (χ1) is 7.16. The lowest BCUT2D eigenvalue weighted by atomic mass is 9.96. The van der Waals surface area contributed by atoms with E-state index >= 15 is 0 Å². The third-order valence-corrected chi connectivity index (χ3v) is 2.54. The van der Waals surface area contributed by atoms with Crippen LogP contribution in [-0.2, 0) is 4.79 Å². The second kappa shape index (κ2) is 3.76. The van der Waals surface area contributed by atoms with Crippen molar-refractivity contribution in [3.63, 3.8) is 0 Å². The number of aromatic nitrogens is 1. The van der Waals surface area contributed by atoms with Crippen molar-refractivity contribution in [3.05, 3.63) is 24.0 Å². The maximum Gasteiger partial charge on any atom is 0.303 e. The predicted molar refractivity (Wildman–Crippen MR) is 52.4 cm³/mol. The Labute approximate surface area is 86.7 Å². The standard InChI is InChI=1S/C10H12N2O3/c13-9(14)4-7-5-12(6-7)10(15)8-2-1-3-11-8/h1-3,7,11H,4-6H2,(H,13,14). The molecule has 15 heavy (non-hydrogen) atoms. The number of nitrogens with zero attached hydrogens (tertiary/aromatic N) is 1. The number of carbonyl (C=O) groups is 2. The average molecular weight is 208 g/mol. The zero-order valence-electron chi connectivity index (χ0n) is 8.14. The number of amides is 1. The second-order valence-corrected chi connectivity index (χ2v) is 3.76. The van der Waals surface area contributed by atoms with Crippen molar-refractivity contribution >= 4 is 11.9 Å². The van der Waals surface area contributed by atoms with Gasteiger partial charge < -0.3 is 15.0 Å². The number of hydrogen-bond donors (Lipinski definition) is 2. The molecule has 0 unspecified atom stereocenters. The summed E-state index contributed by atoms with van der Waals surface area (Å²) in [7, 11) is 0. The molecule has 1 fully saturated rings. The SMILES string of the molecule is O=C(O)CC1CN(C(=O)c2ccc[nH]2)C1. The molecule has 0 aromatic carbocycles. The van der Waals surface area contributed by atoms with Crippen molar-refractivity contribution in [2.45, 2.75) is 6.42 Å². The number of carbonyl (C=O) groups excluding carboxylic acids is 1. The summed E-state index contributed by atoms with van der Waals surface area (Å²) in [5, 5.41) is 8.55. The highest BCUT2D eigenvalue weighted by Crippen LogP contribution is 2.20. The summed E-state index contributed by atoms with van der Waals surface area (Å²) in [6.45, 7) is 1.09. The van der Waals surface area contributed by atoms with Gasteiger partial charge in [-0.25, -0.2) is 0 Å². The number of rotatable bonds is 3. The van der Waals surface area contributed by atoms with Gasteiger partial charge in [-0.05, 0) is 12.1 Å².